The Hall–Kier alpha value is -5.34. The molecule has 0 aliphatic rings. The molecule has 6 aromatic rings. The number of hydrogen-bond acceptors (Lipinski definition) is 5. The van der Waals surface area contributed by atoms with E-state index in [1.807, 2.05) is 75.9 Å². The van der Waals surface area contributed by atoms with Crippen LogP contribution in [0.15, 0.2) is 91.8 Å². The van der Waals surface area contributed by atoms with Crippen molar-refractivity contribution < 1.29 is 4.39 Å². The van der Waals surface area contributed by atoms with E-state index in [2.05, 4.69) is 67.3 Å². The second kappa shape index (κ2) is 13.7. The van der Waals surface area contributed by atoms with E-state index in [-0.39, 0.29) is 5.82 Å². The van der Waals surface area contributed by atoms with E-state index < -0.39 is 0 Å². The molecule has 0 amide bonds. The van der Waals surface area contributed by atoms with Crippen molar-refractivity contribution in [2.24, 2.45) is 0 Å². The van der Waals surface area contributed by atoms with Crippen molar-refractivity contribution in [2.75, 3.05) is 32.5 Å². The van der Waals surface area contributed by atoms with Gasteiger partial charge in [0.25, 0.3) is 0 Å². The number of H-pyrrole nitrogens is 2. The van der Waals surface area contributed by atoms with Gasteiger partial charge in [0.05, 0.1) is 16.4 Å². The summed E-state index contributed by atoms with van der Waals surface area (Å²) in [5.41, 5.74) is 8.80. The fourth-order valence-corrected chi connectivity index (χ4v) is 5.55. The predicted molar refractivity (Wildman–Crippen MR) is 187 cm³/mol. The predicted octanol–water partition coefficient (Wildman–Crippen LogP) is 6.21. The molecule has 3 aromatic heterocycles. The van der Waals surface area contributed by atoms with E-state index in [0.717, 1.165) is 74.5 Å². The van der Waals surface area contributed by atoms with Crippen LogP contribution in [0.5, 0.6) is 0 Å². The number of allylic oxidation sites excluding steroid dienone is 1. The number of nitrogens with one attached hydrogen (secondary N) is 3. The van der Waals surface area contributed by atoms with E-state index in [9.17, 15) is 4.39 Å². The van der Waals surface area contributed by atoms with Crippen molar-refractivity contribution in [3.05, 3.63) is 125 Å². The number of rotatable bonds is 11. The minimum atomic E-state index is -0.304. The number of halogens is 1. The van der Waals surface area contributed by atoms with Gasteiger partial charge in [0.2, 0.25) is 0 Å². The highest BCUT2D eigenvalue weighted by Crippen LogP contribution is 2.31. The van der Waals surface area contributed by atoms with Crippen molar-refractivity contribution in [1.29, 1.82) is 0 Å². The van der Waals surface area contributed by atoms with E-state index in [1.165, 1.54) is 11.6 Å². The van der Waals surface area contributed by atoms with Crippen LogP contribution in [0.3, 0.4) is 0 Å². The van der Waals surface area contributed by atoms with Crippen molar-refractivity contribution >= 4 is 34.4 Å². The summed E-state index contributed by atoms with van der Waals surface area (Å²) in [6.07, 6.45) is 9.61. The monoisotopic (exact) mass is 611 g/mol. The smallest absolute Gasteiger partial charge is 0.159 e. The second-order valence-corrected chi connectivity index (χ2v) is 11.7. The van der Waals surface area contributed by atoms with Crippen LogP contribution < -0.4 is 15.9 Å². The van der Waals surface area contributed by atoms with Gasteiger partial charge in [-0.15, -0.1) is 0 Å². The van der Waals surface area contributed by atoms with Crippen LogP contribution in [0.1, 0.15) is 23.6 Å². The number of anilines is 1. The summed E-state index contributed by atoms with van der Waals surface area (Å²) in [7, 11) is 4.02. The topological polar surface area (TPSA) is 85.5 Å². The molecule has 0 saturated heterocycles. The molecule has 0 aliphatic heterocycles. The molecular formula is C38H38FN7. The van der Waals surface area contributed by atoms with Crippen LogP contribution >= 0.6 is 0 Å². The van der Waals surface area contributed by atoms with Gasteiger partial charge in [-0.1, -0.05) is 55.1 Å². The van der Waals surface area contributed by atoms with Crippen LogP contribution in [0.4, 0.5) is 10.1 Å². The highest BCUT2D eigenvalue weighted by Gasteiger charge is 2.15. The Morgan fingerprint density at radius 3 is 2.61 bits per heavy atom. The molecule has 0 bridgehead atoms. The number of nitrogens with zero attached hydrogens (tertiary/aromatic N) is 4. The number of aromatic nitrogens is 5. The zero-order chi connectivity index (χ0) is 32.0. The molecule has 0 radical (unpaired) electrons. The SMILES string of the molecule is C=C(/C=c1/c(-c2nc3c(-c4cc(F)cc(NCCN(C)C)c4)cccc3[nH]2)n[nH]/c1=C/C)c1cncc(CCc2ccccc2)c1. The van der Waals surface area contributed by atoms with E-state index >= 15 is 0 Å². The summed E-state index contributed by atoms with van der Waals surface area (Å²) in [4.78, 5) is 15.0. The Morgan fingerprint density at radius 2 is 1.80 bits per heavy atom. The van der Waals surface area contributed by atoms with Gasteiger partial charge in [0, 0.05) is 42.0 Å². The zero-order valence-electron chi connectivity index (χ0n) is 26.4. The molecule has 0 saturated carbocycles. The quantitative estimate of drug-likeness (QED) is 0.162. The molecule has 0 spiro atoms. The Kier molecular flexibility index (Phi) is 9.17. The zero-order valence-corrected chi connectivity index (χ0v) is 26.4. The molecule has 3 aromatic carbocycles. The van der Waals surface area contributed by atoms with E-state index in [1.54, 1.807) is 6.07 Å². The molecule has 6 rings (SSSR count). The standard InChI is InChI=1S/C38H38FN7/c1-5-34-33(18-25(2)29-19-27(23-40-24-29)15-14-26-10-7-6-8-11-26)37(45-44-34)38-42-35-13-9-12-32(36(35)43-38)28-20-30(39)22-31(21-28)41-16-17-46(3)4/h5-13,18-24,41,44H,2,14-17H2,1,3-4H3,(H,42,43)/b33-18+,34-5+. The molecule has 232 valence electrons. The minimum absolute atomic E-state index is 0.304. The Balaban J connectivity index is 1.32. The normalized spacial score (nSPS) is 12.4. The van der Waals surface area contributed by atoms with Gasteiger partial charge in [0.1, 0.15) is 11.5 Å². The maximum atomic E-state index is 14.8. The number of benzene rings is 3. The summed E-state index contributed by atoms with van der Waals surface area (Å²) in [5.74, 6) is 0.309. The number of fused-ring (bicyclic) bond motifs is 1. The van der Waals surface area contributed by atoms with Gasteiger partial charge >= 0.3 is 0 Å². The third-order valence-electron chi connectivity index (χ3n) is 7.99. The Morgan fingerprint density at radius 1 is 0.978 bits per heavy atom. The molecule has 0 unspecified atom stereocenters. The average Bonchev–Trinajstić information content (AvgIpc) is 3.67. The third kappa shape index (κ3) is 6.98. The highest BCUT2D eigenvalue weighted by molar-refractivity contribution is 5.94. The number of likely N-dealkylation sites (N-methyl/N-ethyl adjacent to an activating group) is 1. The maximum absolute atomic E-state index is 14.8. The average molecular weight is 612 g/mol. The van der Waals surface area contributed by atoms with E-state index in [0.29, 0.717) is 18.1 Å². The molecule has 8 heteroatoms. The fraction of sp³-hybridized carbons (Fsp3) is 0.184. The first kappa shape index (κ1) is 30.7. The van der Waals surface area contributed by atoms with Crippen molar-refractivity contribution in [1.82, 2.24) is 30.0 Å². The van der Waals surface area contributed by atoms with Gasteiger partial charge in [-0.05, 0) is 98.1 Å². The maximum Gasteiger partial charge on any atom is 0.159 e. The van der Waals surface area contributed by atoms with Crippen LogP contribution in [0.25, 0.3) is 51.4 Å². The van der Waals surface area contributed by atoms with Gasteiger partial charge in [-0.2, -0.15) is 5.10 Å². The summed E-state index contributed by atoms with van der Waals surface area (Å²) in [6.45, 7) is 7.90. The summed E-state index contributed by atoms with van der Waals surface area (Å²) >= 11 is 0. The third-order valence-corrected chi connectivity index (χ3v) is 7.99. The molecule has 46 heavy (non-hydrogen) atoms. The Bertz CT molecular complexity index is 2110. The van der Waals surface area contributed by atoms with Crippen molar-refractivity contribution in [2.45, 2.75) is 19.8 Å². The number of para-hydroxylation sites is 1. The first-order chi connectivity index (χ1) is 22.4. The molecule has 7 nitrogen and oxygen atoms in total. The van der Waals surface area contributed by atoms with Crippen LogP contribution in [-0.2, 0) is 12.8 Å². The fourth-order valence-electron chi connectivity index (χ4n) is 5.55. The number of hydrogen-bond donors (Lipinski definition) is 3. The van der Waals surface area contributed by atoms with Crippen LogP contribution in [0, 0.1) is 5.82 Å². The lowest BCUT2D eigenvalue weighted by atomic mass is 10.0. The van der Waals surface area contributed by atoms with E-state index in [4.69, 9.17) is 4.98 Å². The summed E-state index contributed by atoms with van der Waals surface area (Å²) < 4.78 is 14.8. The summed E-state index contributed by atoms with van der Waals surface area (Å²) in [6, 6.07) is 23.5. The number of aryl methyl sites for hydroxylation is 2. The molecule has 0 atom stereocenters. The van der Waals surface area contributed by atoms with Crippen molar-refractivity contribution in [3.8, 4) is 22.6 Å². The summed E-state index contributed by atoms with van der Waals surface area (Å²) in [5, 5.41) is 12.9. The Labute approximate surface area is 268 Å². The van der Waals surface area contributed by atoms with Gasteiger partial charge < -0.3 is 15.2 Å². The van der Waals surface area contributed by atoms with Gasteiger partial charge in [-0.3, -0.25) is 10.1 Å². The minimum Gasteiger partial charge on any atom is -0.384 e. The van der Waals surface area contributed by atoms with Gasteiger partial charge in [-0.25, -0.2) is 9.37 Å². The van der Waals surface area contributed by atoms with Crippen LogP contribution in [-0.4, -0.2) is 57.2 Å². The lowest BCUT2D eigenvalue weighted by Crippen LogP contribution is -2.23. The van der Waals surface area contributed by atoms with Gasteiger partial charge in [0.15, 0.2) is 5.82 Å². The first-order valence-electron chi connectivity index (χ1n) is 15.5. The number of aromatic amines is 2. The molecule has 0 aliphatic carbocycles. The van der Waals surface area contributed by atoms with Crippen molar-refractivity contribution in [3.63, 3.8) is 0 Å². The molecule has 3 N–H and O–H groups in total. The first-order valence-corrected chi connectivity index (χ1v) is 15.5. The largest absolute Gasteiger partial charge is 0.384 e. The second-order valence-electron chi connectivity index (χ2n) is 11.7. The lowest BCUT2D eigenvalue weighted by Gasteiger charge is -2.13. The molecule has 3 heterocycles. The molecule has 0 fully saturated rings. The molecular weight excluding hydrogens is 573 g/mol. The lowest BCUT2D eigenvalue weighted by molar-refractivity contribution is 0.425. The number of pyridine rings is 1. The van der Waals surface area contributed by atoms with Crippen LogP contribution in [0.2, 0.25) is 0 Å². The highest BCUT2D eigenvalue weighted by atomic mass is 19.1. The number of imidazole rings is 1.